The summed E-state index contributed by atoms with van der Waals surface area (Å²) in [5.41, 5.74) is 0.282. The molecule has 1 aromatic rings. The summed E-state index contributed by atoms with van der Waals surface area (Å²) in [6, 6.07) is 8.17. The van der Waals surface area contributed by atoms with E-state index in [4.69, 9.17) is 4.74 Å². The van der Waals surface area contributed by atoms with Crippen LogP contribution >= 0.6 is 0 Å². The van der Waals surface area contributed by atoms with E-state index in [0.29, 0.717) is 0 Å². The van der Waals surface area contributed by atoms with Gasteiger partial charge in [-0.1, -0.05) is 44.4 Å². The summed E-state index contributed by atoms with van der Waals surface area (Å²) in [7, 11) is 0. The molecule has 0 saturated carbocycles. The van der Waals surface area contributed by atoms with Gasteiger partial charge >= 0.3 is 12.1 Å². The van der Waals surface area contributed by atoms with Crippen molar-refractivity contribution in [1.29, 1.82) is 0 Å². The number of unbranched alkanes of at least 4 members (excludes halogenated alkanes) is 3. The van der Waals surface area contributed by atoms with E-state index < -0.39 is 12.1 Å². The number of hydrogen-bond donors (Lipinski definition) is 0. The minimum absolute atomic E-state index is 0.245. The van der Waals surface area contributed by atoms with Gasteiger partial charge in [0.25, 0.3) is 0 Å². The zero-order valence-corrected chi connectivity index (χ0v) is 11.4. The van der Waals surface area contributed by atoms with Gasteiger partial charge in [-0.05, 0) is 18.6 Å². The standard InChI is InChI=1S/C14H18O6/c1-2-3-4-8-11-17-14(16)19-20-18-13(15)12-9-6-5-7-10-12/h5-7,9-10H,2-4,8,11H2,1H3. The Balaban J connectivity index is 2.08. The highest BCUT2D eigenvalue weighted by atomic mass is 17.5. The van der Waals surface area contributed by atoms with Crippen LogP contribution in [-0.2, 0) is 19.6 Å². The molecule has 1 rings (SSSR count). The Bertz CT molecular complexity index is 403. The van der Waals surface area contributed by atoms with Crippen LogP contribution in [0.3, 0.4) is 0 Å². The van der Waals surface area contributed by atoms with Crippen LogP contribution in [0.2, 0.25) is 0 Å². The first kappa shape index (κ1) is 16.0. The van der Waals surface area contributed by atoms with Crippen molar-refractivity contribution in [3.63, 3.8) is 0 Å². The molecule has 0 aromatic heterocycles. The molecule has 0 amide bonds. The van der Waals surface area contributed by atoms with Crippen LogP contribution in [0, 0.1) is 0 Å². The maximum Gasteiger partial charge on any atom is 0.543 e. The molecule has 0 spiro atoms. The predicted molar refractivity (Wildman–Crippen MR) is 69.5 cm³/mol. The Labute approximate surface area is 117 Å². The predicted octanol–water partition coefficient (Wildman–Crippen LogP) is 3.42. The average Bonchev–Trinajstić information content (AvgIpc) is 2.48. The van der Waals surface area contributed by atoms with E-state index in [0.717, 1.165) is 25.7 Å². The van der Waals surface area contributed by atoms with Crippen molar-refractivity contribution < 1.29 is 29.1 Å². The van der Waals surface area contributed by atoms with E-state index in [9.17, 15) is 9.59 Å². The number of carbonyl (C=O) groups excluding carboxylic acids is 2. The molecule has 0 aliphatic rings. The van der Waals surface area contributed by atoms with Gasteiger partial charge < -0.3 is 4.74 Å². The van der Waals surface area contributed by atoms with Gasteiger partial charge in [0, 0.05) is 0 Å². The molecule has 0 unspecified atom stereocenters. The van der Waals surface area contributed by atoms with Crippen LogP contribution in [0.1, 0.15) is 43.0 Å². The number of hydrogen-bond acceptors (Lipinski definition) is 6. The normalized spacial score (nSPS) is 9.85. The first-order chi connectivity index (χ1) is 9.74. The van der Waals surface area contributed by atoms with Gasteiger partial charge in [-0.3, -0.25) is 4.89 Å². The molecule has 20 heavy (non-hydrogen) atoms. The van der Waals surface area contributed by atoms with Crippen molar-refractivity contribution in [3.8, 4) is 0 Å². The van der Waals surface area contributed by atoms with Crippen LogP contribution in [0.5, 0.6) is 0 Å². The molecule has 0 atom stereocenters. The Morgan fingerprint density at radius 1 is 1.00 bits per heavy atom. The van der Waals surface area contributed by atoms with Gasteiger partial charge in [0.2, 0.25) is 0 Å². The smallest absolute Gasteiger partial charge is 0.432 e. The minimum atomic E-state index is -1.04. The number of carbonyl (C=O) groups is 2. The van der Waals surface area contributed by atoms with E-state index >= 15 is 0 Å². The van der Waals surface area contributed by atoms with Crippen molar-refractivity contribution in [1.82, 2.24) is 0 Å². The summed E-state index contributed by atoms with van der Waals surface area (Å²) >= 11 is 0. The van der Waals surface area contributed by atoms with Crippen molar-refractivity contribution in [2.24, 2.45) is 0 Å². The Kier molecular flexibility index (Phi) is 7.83. The van der Waals surface area contributed by atoms with E-state index in [1.807, 2.05) is 0 Å². The molecule has 0 N–H and O–H groups in total. The summed E-state index contributed by atoms with van der Waals surface area (Å²) in [6.45, 7) is 2.33. The van der Waals surface area contributed by atoms with Crippen LogP contribution in [0.25, 0.3) is 0 Å². The van der Waals surface area contributed by atoms with Gasteiger partial charge in [-0.2, -0.15) is 0 Å². The second-order valence-corrected chi connectivity index (χ2v) is 4.05. The maximum atomic E-state index is 11.4. The summed E-state index contributed by atoms with van der Waals surface area (Å²) in [4.78, 5) is 30.8. The van der Waals surface area contributed by atoms with Crippen LogP contribution in [0.15, 0.2) is 30.3 Å². The third kappa shape index (κ3) is 6.75. The molecule has 1 aromatic carbocycles. The van der Waals surface area contributed by atoms with Gasteiger partial charge in [0.05, 0.1) is 17.2 Å². The van der Waals surface area contributed by atoms with Crippen LogP contribution in [0.4, 0.5) is 4.79 Å². The lowest BCUT2D eigenvalue weighted by Gasteiger charge is -2.03. The molecule has 0 aliphatic carbocycles. The molecular formula is C14H18O6. The number of benzene rings is 1. The van der Waals surface area contributed by atoms with E-state index in [2.05, 4.69) is 21.7 Å². The summed E-state index contributed by atoms with van der Waals surface area (Å²) < 4.78 is 4.70. The summed E-state index contributed by atoms with van der Waals surface area (Å²) in [6.07, 6.45) is 2.88. The maximum absolute atomic E-state index is 11.4. The first-order valence-electron chi connectivity index (χ1n) is 6.51. The second-order valence-electron chi connectivity index (χ2n) is 4.05. The van der Waals surface area contributed by atoms with E-state index in [-0.39, 0.29) is 12.2 Å². The zero-order valence-electron chi connectivity index (χ0n) is 11.4. The molecule has 110 valence electrons. The second kappa shape index (κ2) is 9.80. The molecule has 6 heteroatoms. The molecule has 0 bridgehead atoms. The van der Waals surface area contributed by atoms with Gasteiger partial charge in [0.15, 0.2) is 0 Å². The minimum Gasteiger partial charge on any atom is -0.432 e. The fraction of sp³-hybridized carbons (Fsp3) is 0.429. The average molecular weight is 282 g/mol. The van der Waals surface area contributed by atoms with Crippen LogP contribution in [-0.4, -0.2) is 18.7 Å². The fourth-order valence-corrected chi connectivity index (χ4v) is 1.41. The van der Waals surface area contributed by atoms with Gasteiger partial charge in [-0.15, -0.1) is 0 Å². The third-order valence-electron chi connectivity index (χ3n) is 2.44. The lowest BCUT2D eigenvalue weighted by molar-refractivity contribution is -0.452. The highest BCUT2D eigenvalue weighted by Gasteiger charge is 2.11. The van der Waals surface area contributed by atoms with Gasteiger partial charge in [-0.25, -0.2) is 14.5 Å². The van der Waals surface area contributed by atoms with Crippen molar-refractivity contribution in [3.05, 3.63) is 35.9 Å². The highest BCUT2D eigenvalue weighted by Crippen LogP contribution is 2.03. The highest BCUT2D eigenvalue weighted by molar-refractivity contribution is 5.88. The van der Waals surface area contributed by atoms with E-state index in [1.54, 1.807) is 18.2 Å². The SMILES string of the molecule is CCCCCCOC(=O)OOOC(=O)c1ccccc1. The molecule has 0 heterocycles. The molecule has 0 fully saturated rings. The van der Waals surface area contributed by atoms with E-state index in [1.165, 1.54) is 12.1 Å². The van der Waals surface area contributed by atoms with Crippen molar-refractivity contribution >= 4 is 12.1 Å². The largest absolute Gasteiger partial charge is 0.543 e. The lowest BCUT2D eigenvalue weighted by Crippen LogP contribution is -2.12. The Hall–Kier alpha value is -2.08. The third-order valence-corrected chi connectivity index (χ3v) is 2.44. The molecular weight excluding hydrogens is 264 g/mol. The Morgan fingerprint density at radius 2 is 1.75 bits per heavy atom. The number of rotatable bonds is 8. The van der Waals surface area contributed by atoms with Crippen molar-refractivity contribution in [2.45, 2.75) is 32.6 Å². The van der Waals surface area contributed by atoms with Gasteiger partial charge in [0.1, 0.15) is 0 Å². The van der Waals surface area contributed by atoms with Crippen LogP contribution < -0.4 is 0 Å². The number of ether oxygens (including phenoxy) is 1. The first-order valence-corrected chi connectivity index (χ1v) is 6.51. The molecule has 6 nitrogen and oxygen atoms in total. The Morgan fingerprint density at radius 3 is 2.45 bits per heavy atom. The topological polar surface area (TPSA) is 71.1 Å². The fourth-order valence-electron chi connectivity index (χ4n) is 1.41. The monoisotopic (exact) mass is 282 g/mol. The quantitative estimate of drug-likeness (QED) is 0.315. The zero-order chi connectivity index (χ0) is 14.6. The lowest BCUT2D eigenvalue weighted by atomic mass is 10.2. The molecule has 0 radical (unpaired) electrons. The molecule has 0 aliphatic heterocycles. The molecule has 0 saturated heterocycles. The van der Waals surface area contributed by atoms with Crippen molar-refractivity contribution in [2.75, 3.05) is 6.61 Å². The summed E-state index contributed by atoms with van der Waals surface area (Å²) in [5.74, 6) is -0.763. The summed E-state index contributed by atoms with van der Waals surface area (Å²) in [5, 5.41) is 4.07.